The maximum Gasteiger partial charge on any atom is 0.279 e. The number of piperidine rings is 1. The largest absolute Gasteiger partial charge is 0.326 e. The Labute approximate surface area is 144 Å². The molecule has 24 heavy (non-hydrogen) atoms. The van der Waals surface area contributed by atoms with Crippen LogP contribution in [0.15, 0.2) is 24.3 Å². The van der Waals surface area contributed by atoms with Gasteiger partial charge in [0, 0.05) is 31.2 Å². The van der Waals surface area contributed by atoms with Gasteiger partial charge >= 0.3 is 0 Å². The Kier molecular flexibility index (Phi) is 6.37. The van der Waals surface area contributed by atoms with Crippen molar-refractivity contribution in [3.63, 3.8) is 0 Å². The maximum atomic E-state index is 12.3. The molecule has 1 aromatic carbocycles. The van der Waals surface area contributed by atoms with Gasteiger partial charge in [-0.2, -0.15) is 17.4 Å². The number of nitrogens with one attached hydrogen (secondary N) is 2. The lowest BCUT2D eigenvalue weighted by Gasteiger charge is -2.30. The summed E-state index contributed by atoms with van der Waals surface area (Å²) in [5, 5.41) is 2.81. The Bertz CT molecular complexity index is 656. The molecule has 0 aliphatic carbocycles. The zero-order valence-electron chi connectivity index (χ0n) is 14.6. The summed E-state index contributed by atoms with van der Waals surface area (Å²) < 4.78 is 28.9. The quantitative estimate of drug-likeness (QED) is 0.824. The number of nitrogens with zero attached hydrogens (tertiary/aromatic N) is 1. The van der Waals surface area contributed by atoms with Crippen LogP contribution >= 0.6 is 0 Å². The van der Waals surface area contributed by atoms with Crippen LogP contribution in [0.25, 0.3) is 0 Å². The van der Waals surface area contributed by atoms with E-state index in [4.69, 9.17) is 0 Å². The molecule has 1 unspecified atom stereocenters. The highest BCUT2D eigenvalue weighted by Gasteiger charge is 2.26. The van der Waals surface area contributed by atoms with Gasteiger partial charge in [0.05, 0.1) is 0 Å². The van der Waals surface area contributed by atoms with Gasteiger partial charge in [0.1, 0.15) is 0 Å². The lowest BCUT2D eigenvalue weighted by molar-refractivity contribution is -0.118. The van der Waals surface area contributed by atoms with Crippen LogP contribution in [0.2, 0.25) is 0 Å². The second-order valence-electron chi connectivity index (χ2n) is 6.77. The van der Waals surface area contributed by atoms with E-state index >= 15 is 0 Å². The fourth-order valence-corrected chi connectivity index (χ4v) is 3.97. The van der Waals surface area contributed by atoms with Crippen LogP contribution in [-0.2, 0) is 21.5 Å². The molecule has 0 aromatic heterocycles. The molecule has 1 aromatic rings. The average molecular weight is 353 g/mol. The summed E-state index contributed by atoms with van der Waals surface area (Å²) >= 11 is 0. The Morgan fingerprint density at radius 3 is 2.54 bits per heavy atom. The van der Waals surface area contributed by atoms with Crippen molar-refractivity contribution in [1.82, 2.24) is 9.03 Å². The van der Waals surface area contributed by atoms with Crippen LogP contribution in [0.3, 0.4) is 0 Å². The van der Waals surface area contributed by atoms with Gasteiger partial charge in [0.2, 0.25) is 5.91 Å². The predicted molar refractivity (Wildman–Crippen MR) is 95.6 cm³/mol. The van der Waals surface area contributed by atoms with Crippen molar-refractivity contribution in [2.45, 2.75) is 40.2 Å². The number of carbonyl (C=O) groups is 1. The summed E-state index contributed by atoms with van der Waals surface area (Å²) in [5.41, 5.74) is 1.57. The van der Waals surface area contributed by atoms with E-state index < -0.39 is 10.2 Å². The van der Waals surface area contributed by atoms with Crippen molar-refractivity contribution in [2.24, 2.45) is 11.8 Å². The normalized spacial score (nSPS) is 19.4. The Morgan fingerprint density at radius 2 is 1.96 bits per heavy atom. The van der Waals surface area contributed by atoms with Crippen molar-refractivity contribution in [3.8, 4) is 0 Å². The summed E-state index contributed by atoms with van der Waals surface area (Å²) in [4.78, 5) is 11.6. The van der Waals surface area contributed by atoms with Crippen LogP contribution in [-0.4, -0.2) is 31.7 Å². The van der Waals surface area contributed by atoms with Crippen molar-refractivity contribution < 1.29 is 13.2 Å². The predicted octanol–water partition coefficient (Wildman–Crippen LogP) is 2.35. The number of carbonyl (C=O) groups excluding carboxylic acids is 1. The molecular weight excluding hydrogens is 326 g/mol. The van der Waals surface area contributed by atoms with Gasteiger partial charge in [-0.25, -0.2) is 0 Å². The third-order valence-electron chi connectivity index (χ3n) is 4.16. The van der Waals surface area contributed by atoms with Crippen molar-refractivity contribution in [3.05, 3.63) is 29.8 Å². The molecule has 1 amide bonds. The molecule has 134 valence electrons. The van der Waals surface area contributed by atoms with Gasteiger partial charge in [0.25, 0.3) is 10.2 Å². The fraction of sp³-hybridized carbons (Fsp3) is 0.588. The summed E-state index contributed by atoms with van der Waals surface area (Å²) in [5.74, 6) is 0.283. The van der Waals surface area contributed by atoms with E-state index in [0.29, 0.717) is 24.7 Å². The molecule has 6 nitrogen and oxygen atoms in total. The zero-order chi connectivity index (χ0) is 17.7. The molecular formula is C17H27N3O3S. The molecule has 0 saturated carbocycles. The first-order valence-corrected chi connectivity index (χ1v) is 9.86. The molecule has 2 rings (SSSR count). The third kappa shape index (κ3) is 5.29. The van der Waals surface area contributed by atoms with E-state index in [1.54, 1.807) is 12.1 Å². The van der Waals surface area contributed by atoms with E-state index in [2.05, 4.69) is 17.0 Å². The molecule has 1 saturated heterocycles. The lowest BCUT2D eigenvalue weighted by Crippen LogP contribution is -2.45. The molecule has 0 bridgehead atoms. The van der Waals surface area contributed by atoms with Crippen LogP contribution in [0.5, 0.6) is 0 Å². The molecule has 1 fully saturated rings. The minimum absolute atomic E-state index is 0.0392. The van der Waals surface area contributed by atoms with Crippen LogP contribution in [0.1, 0.15) is 39.2 Å². The minimum Gasteiger partial charge on any atom is -0.326 e. The lowest BCUT2D eigenvalue weighted by atomic mass is 10.0. The first-order chi connectivity index (χ1) is 11.3. The second-order valence-corrected chi connectivity index (χ2v) is 8.53. The zero-order valence-corrected chi connectivity index (χ0v) is 15.4. The van der Waals surface area contributed by atoms with Gasteiger partial charge in [0.15, 0.2) is 0 Å². The molecule has 1 aliphatic rings. The third-order valence-corrected chi connectivity index (χ3v) is 5.68. The first kappa shape index (κ1) is 18.9. The topological polar surface area (TPSA) is 78.5 Å². The molecule has 2 N–H and O–H groups in total. The summed E-state index contributed by atoms with van der Waals surface area (Å²) in [6.45, 7) is 7.15. The van der Waals surface area contributed by atoms with E-state index in [1.807, 2.05) is 26.0 Å². The Hall–Kier alpha value is -1.44. The molecule has 1 atom stereocenters. The number of rotatable bonds is 6. The summed E-state index contributed by atoms with van der Waals surface area (Å²) in [6, 6.07) is 7.20. The van der Waals surface area contributed by atoms with Gasteiger partial charge in [-0.1, -0.05) is 32.9 Å². The minimum atomic E-state index is -3.44. The summed E-state index contributed by atoms with van der Waals surface area (Å²) in [6.07, 6.45) is 1.99. The van der Waals surface area contributed by atoms with Crippen LogP contribution < -0.4 is 10.0 Å². The van der Waals surface area contributed by atoms with Gasteiger partial charge in [-0.3, -0.25) is 4.79 Å². The Morgan fingerprint density at radius 1 is 1.29 bits per heavy atom. The smallest absolute Gasteiger partial charge is 0.279 e. The van der Waals surface area contributed by atoms with Crippen LogP contribution in [0.4, 0.5) is 5.69 Å². The Balaban J connectivity index is 1.90. The average Bonchev–Trinajstić information content (AvgIpc) is 2.54. The van der Waals surface area contributed by atoms with E-state index in [-0.39, 0.29) is 18.4 Å². The number of hydrogen-bond acceptors (Lipinski definition) is 3. The maximum absolute atomic E-state index is 12.3. The number of amides is 1. The monoisotopic (exact) mass is 353 g/mol. The molecule has 0 radical (unpaired) electrons. The molecule has 1 heterocycles. The van der Waals surface area contributed by atoms with Gasteiger partial charge in [-0.05, 0) is 36.5 Å². The molecule has 7 heteroatoms. The highest BCUT2D eigenvalue weighted by atomic mass is 32.2. The number of hydrogen-bond donors (Lipinski definition) is 2. The van der Waals surface area contributed by atoms with Crippen LogP contribution in [0, 0.1) is 11.8 Å². The highest BCUT2D eigenvalue weighted by Crippen LogP contribution is 2.18. The second kappa shape index (κ2) is 8.09. The molecule has 0 spiro atoms. The summed E-state index contributed by atoms with van der Waals surface area (Å²) in [7, 11) is -3.44. The number of anilines is 1. The highest BCUT2D eigenvalue weighted by molar-refractivity contribution is 7.87. The van der Waals surface area contributed by atoms with E-state index in [0.717, 1.165) is 18.4 Å². The van der Waals surface area contributed by atoms with Crippen molar-refractivity contribution in [2.75, 3.05) is 18.4 Å². The van der Waals surface area contributed by atoms with Crippen molar-refractivity contribution in [1.29, 1.82) is 0 Å². The van der Waals surface area contributed by atoms with E-state index in [9.17, 15) is 13.2 Å². The van der Waals surface area contributed by atoms with Gasteiger partial charge in [-0.15, -0.1) is 0 Å². The van der Waals surface area contributed by atoms with Crippen molar-refractivity contribution >= 4 is 21.8 Å². The number of benzene rings is 1. The SMILES string of the molecule is CC1CCCN(S(=O)(=O)NCc2ccc(NC(=O)C(C)C)cc2)C1. The fourth-order valence-electron chi connectivity index (χ4n) is 2.62. The van der Waals surface area contributed by atoms with E-state index in [1.165, 1.54) is 4.31 Å². The van der Waals surface area contributed by atoms with Gasteiger partial charge < -0.3 is 5.32 Å². The first-order valence-electron chi connectivity index (χ1n) is 8.42. The molecule has 1 aliphatic heterocycles. The standard InChI is InChI=1S/C17H27N3O3S/c1-13(2)17(21)19-16-8-6-15(7-9-16)11-18-24(22,23)20-10-4-5-14(3)12-20/h6-9,13-14,18H,4-5,10-12H2,1-3H3,(H,19,21).